The molecule has 17 heavy (non-hydrogen) atoms. The fourth-order valence-electron chi connectivity index (χ4n) is 2.02. The first-order valence-electron chi connectivity index (χ1n) is 5.21. The molecule has 3 nitrogen and oxygen atoms in total. The second-order valence-corrected chi connectivity index (χ2v) is 3.76. The van der Waals surface area contributed by atoms with Gasteiger partial charge in [-0.15, -0.1) is 0 Å². The van der Waals surface area contributed by atoms with Crippen LogP contribution in [-0.4, -0.2) is 6.29 Å². The van der Waals surface area contributed by atoms with Crippen LogP contribution in [0.3, 0.4) is 0 Å². The van der Waals surface area contributed by atoms with Gasteiger partial charge in [0.1, 0.15) is 11.3 Å². The van der Waals surface area contributed by atoms with Crippen molar-refractivity contribution in [1.29, 1.82) is 0 Å². The monoisotopic (exact) mass is 224 g/mol. The van der Waals surface area contributed by atoms with Gasteiger partial charge in [-0.1, -0.05) is 24.3 Å². The molecule has 0 saturated heterocycles. The number of hydrogen-bond donors (Lipinski definition) is 0. The largest absolute Gasteiger partial charge is 0.456 e. The van der Waals surface area contributed by atoms with Gasteiger partial charge in [0.05, 0.1) is 5.56 Å². The average molecular weight is 224 g/mol. The molecule has 0 unspecified atom stereocenters. The first-order chi connectivity index (χ1) is 8.31. The van der Waals surface area contributed by atoms with E-state index in [0.717, 1.165) is 0 Å². The van der Waals surface area contributed by atoms with Crippen molar-refractivity contribution in [3.05, 3.63) is 58.3 Å². The van der Waals surface area contributed by atoms with Crippen LogP contribution in [0.4, 0.5) is 0 Å². The Morgan fingerprint density at radius 3 is 2.65 bits per heavy atom. The molecule has 0 aromatic heterocycles. The molecule has 0 spiro atoms. The Hall–Kier alpha value is -2.42. The van der Waals surface area contributed by atoms with E-state index in [0.29, 0.717) is 34.1 Å². The van der Waals surface area contributed by atoms with E-state index < -0.39 is 0 Å². The maximum atomic E-state index is 11.8. The van der Waals surface area contributed by atoms with E-state index in [-0.39, 0.29) is 5.43 Å². The number of aldehydes is 1. The van der Waals surface area contributed by atoms with Gasteiger partial charge >= 0.3 is 0 Å². The molecule has 0 saturated carbocycles. The number of carbonyl (C=O) groups is 1. The van der Waals surface area contributed by atoms with E-state index in [1.54, 1.807) is 24.3 Å². The zero-order valence-electron chi connectivity index (χ0n) is 8.84. The van der Waals surface area contributed by atoms with Crippen LogP contribution in [-0.2, 0) is 0 Å². The Kier molecular flexibility index (Phi) is 2.05. The summed E-state index contributed by atoms with van der Waals surface area (Å²) in [6.45, 7) is 0. The molecule has 0 radical (unpaired) electrons. The van der Waals surface area contributed by atoms with Crippen LogP contribution in [0, 0.1) is 0 Å². The number of rotatable bonds is 1. The zero-order valence-corrected chi connectivity index (χ0v) is 8.84. The summed E-state index contributed by atoms with van der Waals surface area (Å²) < 4.78 is 5.61. The fourth-order valence-corrected chi connectivity index (χ4v) is 2.02. The molecule has 82 valence electrons. The maximum Gasteiger partial charge on any atom is 0.190 e. The minimum Gasteiger partial charge on any atom is -0.456 e. The second-order valence-electron chi connectivity index (χ2n) is 3.76. The van der Waals surface area contributed by atoms with Crippen molar-refractivity contribution in [3.63, 3.8) is 0 Å². The van der Waals surface area contributed by atoms with Crippen LogP contribution < -0.4 is 5.43 Å². The minimum atomic E-state index is -0.195. The summed E-state index contributed by atoms with van der Waals surface area (Å²) in [5, 5.41) is 0.665. The molecule has 0 bridgehead atoms. The van der Waals surface area contributed by atoms with Crippen molar-refractivity contribution < 1.29 is 9.21 Å². The average Bonchev–Trinajstić information content (AvgIpc) is 2.36. The summed E-state index contributed by atoms with van der Waals surface area (Å²) in [6.07, 6.45) is 0.710. The summed E-state index contributed by atoms with van der Waals surface area (Å²) in [6, 6.07) is 11.9. The van der Waals surface area contributed by atoms with E-state index in [2.05, 4.69) is 0 Å². The fraction of sp³-hybridized carbons (Fsp3) is 0. The van der Waals surface area contributed by atoms with E-state index in [1.807, 2.05) is 12.1 Å². The van der Waals surface area contributed by atoms with Gasteiger partial charge in [0, 0.05) is 10.9 Å². The van der Waals surface area contributed by atoms with Gasteiger partial charge in [-0.05, 0) is 18.2 Å². The Morgan fingerprint density at radius 1 is 1.00 bits per heavy atom. The van der Waals surface area contributed by atoms with Crippen LogP contribution in [0.1, 0.15) is 10.4 Å². The Labute approximate surface area is 96.6 Å². The smallest absolute Gasteiger partial charge is 0.190 e. The third-order valence-corrected chi connectivity index (χ3v) is 2.77. The van der Waals surface area contributed by atoms with Gasteiger partial charge < -0.3 is 4.42 Å². The number of hydrogen-bond acceptors (Lipinski definition) is 3. The molecular formula is C14H8O3. The molecule has 3 heteroatoms. The van der Waals surface area contributed by atoms with Crippen LogP contribution in [0.2, 0.25) is 0 Å². The highest BCUT2D eigenvalue weighted by Crippen LogP contribution is 2.29. The first-order valence-corrected chi connectivity index (χ1v) is 5.21. The third kappa shape index (κ3) is 1.36. The lowest BCUT2D eigenvalue weighted by molar-refractivity contribution is 0.112. The van der Waals surface area contributed by atoms with Crippen molar-refractivity contribution in [3.8, 4) is 11.3 Å². The summed E-state index contributed by atoms with van der Waals surface area (Å²) in [7, 11) is 0. The van der Waals surface area contributed by atoms with Crippen molar-refractivity contribution in [2.24, 2.45) is 0 Å². The Bertz CT molecular complexity index is 740. The van der Waals surface area contributed by atoms with E-state index in [9.17, 15) is 9.59 Å². The molecule has 1 heterocycles. The number of para-hydroxylation sites is 1. The molecule has 2 aliphatic rings. The van der Waals surface area contributed by atoms with Gasteiger partial charge in [-0.2, -0.15) is 0 Å². The number of fused-ring (bicyclic) bond motifs is 2. The molecule has 1 aromatic carbocycles. The Morgan fingerprint density at radius 2 is 1.82 bits per heavy atom. The number of benzene rings is 2. The van der Waals surface area contributed by atoms with Crippen LogP contribution in [0.15, 0.2) is 51.7 Å². The van der Waals surface area contributed by atoms with E-state index >= 15 is 0 Å². The molecule has 0 atom stereocenters. The minimum absolute atomic E-state index is 0.195. The van der Waals surface area contributed by atoms with Gasteiger partial charge in [0.25, 0.3) is 0 Å². The molecule has 0 amide bonds. The lowest BCUT2D eigenvalue weighted by Crippen LogP contribution is -2.07. The highest BCUT2D eigenvalue weighted by atomic mass is 16.3. The van der Waals surface area contributed by atoms with Gasteiger partial charge in [-0.3, -0.25) is 9.59 Å². The molecule has 3 rings (SSSR count). The first kappa shape index (κ1) is 9.78. The molecule has 1 aliphatic heterocycles. The second kappa shape index (κ2) is 3.56. The van der Waals surface area contributed by atoms with Crippen molar-refractivity contribution in [2.45, 2.75) is 0 Å². The topological polar surface area (TPSA) is 47.3 Å². The molecule has 1 aliphatic carbocycles. The summed E-state index contributed by atoms with van der Waals surface area (Å²) in [5.74, 6) is 0.443. The van der Waals surface area contributed by atoms with E-state index in [1.165, 1.54) is 6.07 Å². The highest BCUT2D eigenvalue weighted by Gasteiger charge is 2.16. The van der Waals surface area contributed by atoms with Crippen molar-refractivity contribution in [1.82, 2.24) is 0 Å². The molecule has 1 aromatic rings. The molecule has 0 fully saturated rings. The van der Waals surface area contributed by atoms with Gasteiger partial charge in [-0.25, -0.2) is 0 Å². The summed E-state index contributed by atoms with van der Waals surface area (Å²) >= 11 is 0. The molecular weight excluding hydrogens is 216 g/mol. The SMILES string of the molecule is O=Cc1c2c(=O)cccc-2oc2ccccc12. The summed E-state index contributed by atoms with van der Waals surface area (Å²) in [5.41, 5.74) is 1.15. The predicted molar refractivity (Wildman–Crippen MR) is 64.5 cm³/mol. The van der Waals surface area contributed by atoms with Crippen molar-refractivity contribution >= 4 is 17.3 Å². The Balaban J connectivity index is 2.64. The maximum absolute atomic E-state index is 11.8. The van der Waals surface area contributed by atoms with E-state index in [4.69, 9.17) is 4.42 Å². The van der Waals surface area contributed by atoms with Crippen LogP contribution >= 0.6 is 0 Å². The standard InChI is InChI=1S/C14H8O3/c15-8-10-9-4-1-2-6-12(9)17-13-7-3-5-11(16)14(10)13/h1-8H. The lowest BCUT2D eigenvalue weighted by atomic mass is 10.0. The van der Waals surface area contributed by atoms with Crippen molar-refractivity contribution in [2.75, 3.05) is 0 Å². The predicted octanol–water partition coefficient (Wildman–Crippen LogP) is 2.71. The lowest BCUT2D eigenvalue weighted by Gasteiger charge is -2.09. The third-order valence-electron chi connectivity index (χ3n) is 2.77. The zero-order chi connectivity index (χ0) is 11.8. The highest BCUT2D eigenvalue weighted by molar-refractivity contribution is 6.02. The summed E-state index contributed by atoms with van der Waals surface area (Å²) in [4.78, 5) is 23.0. The van der Waals surface area contributed by atoms with Gasteiger partial charge in [0.15, 0.2) is 11.7 Å². The number of carbonyl (C=O) groups excluding carboxylic acids is 1. The van der Waals surface area contributed by atoms with Gasteiger partial charge in [0.2, 0.25) is 0 Å². The quantitative estimate of drug-likeness (QED) is 0.471. The molecule has 0 N–H and O–H groups in total. The van der Waals surface area contributed by atoms with Crippen LogP contribution in [0.5, 0.6) is 0 Å². The normalized spacial score (nSPS) is 10.8. The van der Waals surface area contributed by atoms with Crippen LogP contribution in [0.25, 0.3) is 22.3 Å².